The zero-order valence-electron chi connectivity index (χ0n) is 10.4. The molecule has 1 aromatic heterocycles. The zero-order chi connectivity index (χ0) is 13.6. The van der Waals surface area contributed by atoms with Crippen LogP contribution in [0.1, 0.15) is 6.92 Å². The predicted octanol–water partition coefficient (Wildman–Crippen LogP) is 3.45. The summed E-state index contributed by atoms with van der Waals surface area (Å²) in [6.45, 7) is 2.07. The maximum Gasteiger partial charge on any atom is 0.123 e. The molecule has 0 amide bonds. The summed E-state index contributed by atoms with van der Waals surface area (Å²) in [5.41, 5.74) is 1.59. The molecule has 1 atom stereocenters. The van der Waals surface area contributed by atoms with E-state index in [0.717, 1.165) is 11.0 Å². The number of fused-ring (bicyclic) bond motifs is 3. The van der Waals surface area contributed by atoms with Crippen LogP contribution >= 0.6 is 0 Å². The largest absolute Gasteiger partial charge is 0.392 e. The van der Waals surface area contributed by atoms with Crippen LogP contribution in [-0.2, 0) is 6.54 Å². The van der Waals surface area contributed by atoms with Crippen molar-refractivity contribution in [1.29, 1.82) is 0 Å². The molecule has 0 saturated carbocycles. The molecule has 4 heteroatoms. The summed E-state index contributed by atoms with van der Waals surface area (Å²) in [6.07, 6.45) is -0.533. The molecule has 98 valence electrons. The molecule has 1 N–H and O–H groups in total. The fourth-order valence-electron chi connectivity index (χ4n) is 2.51. The molecule has 0 radical (unpaired) electrons. The Morgan fingerprint density at radius 1 is 1.00 bits per heavy atom. The third-order valence-corrected chi connectivity index (χ3v) is 3.24. The van der Waals surface area contributed by atoms with E-state index in [0.29, 0.717) is 17.3 Å². The third kappa shape index (κ3) is 1.98. The average Bonchev–Trinajstić information content (AvgIpc) is 2.62. The van der Waals surface area contributed by atoms with E-state index in [2.05, 4.69) is 0 Å². The second-order valence-corrected chi connectivity index (χ2v) is 4.78. The molecule has 1 heterocycles. The van der Waals surface area contributed by atoms with Gasteiger partial charge in [-0.3, -0.25) is 0 Å². The van der Waals surface area contributed by atoms with Gasteiger partial charge in [0.15, 0.2) is 0 Å². The molecular weight excluding hydrogens is 248 g/mol. The highest BCUT2D eigenvalue weighted by Crippen LogP contribution is 2.30. The van der Waals surface area contributed by atoms with Crippen molar-refractivity contribution in [3.8, 4) is 0 Å². The van der Waals surface area contributed by atoms with Crippen LogP contribution in [0.4, 0.5) is 8.78 Å². The molecule has 0 saturated heterocycles. The lowest BCUT2D eigenvalue weighted by Crippen LogP contribution is -2.11. The van der Waals surface area contributed by atoms with Crippen LogP contribution in [0.15, 0.2) is 36.4 Å². The van der Waals surface area contributed by atoms with Crippen LogP contribution in [0, 0.1) is 11.6 Å². The molecule has 0 fully saturated rings. The van der Waals surface area contributed by atoms with Gasteiger partial charge in [-0.1, -0.05) is 0 Å². The van der Waals surface area contributed by atoms with E-state index in [1.165, 1.54) is 24.3 Å². The second kappa shape index (κ2) is 4.31. The Hall–Kier alpha value is -1.94. The first kappa shape index (κ1) is 12.1. The molecule has 3 aromatic rings. The summed E-state index contributed by atoms with van der Waals surface area (Å²) in [4.78, 5) is 0. The Morgan fingerprint density at radius 3 is 1.89 bits per heavy atom. The number of aromatic nitrogens is 1. The predicted molar refractivity (Wildman–Crippen MR) is 71.0 cm³/mol. The molecular formula is C15H13F2NO. The quantitative estimate of drug-likeness (QED) is 0.751. The van der Waals surface area contributed by atoms with Gasteiger partial charge in [-0.05, 0) is 43.3 Å². The highest BCUT2D eigenvalue weighted by atomic mass is 19.1. The highest BCUT2D eigenvalue weighted by Gasteiger charge is 2.13. The zero-order valence-corrected chi connectivity index (χ0v) is 10.4. The summed E-state index contributed by atoms with van der Waals surface area (Å²) < 4.78 is 28.7. The van der Waals surface area contributed by atoms with E-state index in [-0.39, 0.29) is 11.6 Å². The van der Waals surface area contributed by atoms with Gasteiger partial charge in [0.2, 0.25) is 0 Å². The topological polar surface area (TPSA) is 25.2 Å². The van der Waals surface area contributed by atoms with Crippen molar-refractivity contribution in [1.82, 2.24) is 4.57 Å². The summed E-state index contributed by atoms with van der Waals surface area (Å²) in [7, 11) is 0. The monoisotopic (exact) mass is 261 g/mol. The van der Waals surface area contributed by atoms with Gasteiger partial charge in [-0.15, -0.1) is 0 Å². The maximum atomic E-state index is 13.4. The van der Waals surface area contributed by atoms with Gasteiger partial charge in [0.25, 0.3) is 0 Å². The van der Waals surface area contributed by atoms with Gasteiger partial charge in [0.1, 0.15) is 11.6 Å². The first-order valence-electron chi connectivity index (χ1n) is 6.11. The van der Waals surface area contributed by atoms with Crippen molar-refractivity contribution in [2.45, 2.75) is 19.6 Å². The molecule has 3 rings (SSSR count). The van der Waals surface area contributed by atoms with Crippen LogP contribution in [0.25, 0.3) is 21.8 Å². The molecule has 2 aromatic carbocycles. The average molecular weight is 261 g/mol. The molecule has 2 nitrogen and oxygen atoms in total. The lowest BCUT2D eigenvalue weighted by Gasteiger charge is -2.09. The summed E-state index contributed by atoms with van der Waals surface area (Å²) in [5.74, 6) is -0.708. The van der Waals surface area contributed by atoms with Crippen molar-refractivity contribution in [3.05, 3.63) is 48.0 Å². The number of halogens is 2. The summed E-state index contributed by atoms with van der Waals surface area (Å²) >= 11 is 0. The number of nitrogens with zero attached hydrogens (tertiary/aromatic N) is 1. The molecule has 1 unspecified atom stereocenters. The van der Waals surface area contributed by atoms with E-state index >= 15 is 0 Å². The Bertz CT molecular complexity index is 702. The number of hydrogen-bond donors (Lipinski definition) is 1. The molecule has 0 aliphatic carbocycles. The molecule has 19 heavy (non-hydrogen) atoms. The van der Waals surface area contributed by atoms with E-state index < -0.39 is 6.10 Å². The van der Waals surface area contributed by atoms with Crippen molar-refractivity contribution >= 4 is 21.8 Å². The minimum atomic E-state index is -0.533. The Kier molecular flexibility index (Phi) is 2.75. The van der Waals surface area contributed by atoms with Gasteiger partial charge >= 0.3 is 0 Å². The second-order valence-electron chi connectivity index (χ2n) is 4.78. The van der Waals surface area contributed by atoms with Crippen molar-refractivity contribution < 1.29 is 13.9 Å². The van der Waals surface area contributed by atoms with Crippen LogP contribution in [0.2, 0.25) is 0 Å². The molecule has 0 aliphatic rings. The Morgan fingerprint density at radius 2 is 1.47 bits per heavy atom. The Balaban J connectivity index is 2.43. The van der Waals surface area contributed by atoms with Crippen LogP contribution < -0.4 is 0 Å². The first-order chi connectivity index (χ1) is 9.06. The highest BCUT2D eigenvalue weighted by molar-refractivity contribution is 6.08. The summed E-state index contributed by atoms with van der Waals surface area (Å²) in [5, 5.41) is 10.9. The normalized spacial score (nSPS) is 13.3. The standard InChI is InChI=1S/C15H13F2NO/c1-9(19)8-18-14-4-2-10(16)6-12(14)13-7-11(17)3-5-15(13)18/h2-7,9,19H,8H2,1H3. The van der Waals surface area contributed by atoms with Gasteiger partial charge in [-0.2, -0.15) is 0 Å². The molecule has 0 bridgehead atoms. The minimum absolute atomic E-state index is 0.354. The van der Waals surface area contributed by atoms with Crippen LogP contribution in [-0.4, -0.2) is 15.8 Å². The smallest absolute Gasteiger partial charge is 0.123 e. The number of aliphatic hydroxyl groups excluding tert-OH is 1. The minimum Gasteiger partial charge on any atom is -0.392 e. The number of rotatable bonds is 2. The van der Waals surface area contributed by atoms with E-state index in [4.69, 9.17) is 0 Å². The van der Waals surface area contributed by atoms with Gasteiger partial charge < -0.3 is 9.67 Å². The third-order valence-electron chi connectivity index (χ3n) is 3.24. The van der Waals surface area contributed by atoms with Crippen LogP contribution in [0.3, 0.4) is 0 Å². The van der Waals surface area contributed by atoms with Crippen molar-refractivity contribution in [2.24, 2.45) is 0 Å². The van der Waals surface area contributed by atoms with E-state index in [1.807, 2.05) is 4.57 Å². The van der Waals surface area contributed by atoms with E-state index in [9.17, 15) is 13.9 Å². The molecule has 0 spiro atoms. The summed E-state index contributed by atoms with van der Waals surface area (Å²) in [6, 6.07) is 8.85. The number of benzene rings is 2. The van der Waals surface area contributed by atoms with Crippen molar-refractivity contribution in [2.75, 3.05) is 0 Å². The fourth-order valence-corrected chi connectivity index (χ4v) is 2.51. The number of aliphatic hydroxyl groups is 1. The number of hydrogen-bond acceptors (Lipinski definition) is 1. The van der Waals surface area contributed by atoms with Crippen molar-refractivity contribution in [3.63, 3.8) is 0 Å². The fraction of sp³-hybridized carbons (Fsp3) is 0.200. The lowest BCUT2D eigenvalue weighted by atomic mass is 10.1. The lowest BCUT2D eigenvalue weighted by molar-refractivity contribution is 0.176. The van der Waals surface area contributed by atoms with Gasteiger partial charge in [-0.25, -0.2) is 8.78 Å². The maximum absolute atomic E-state index is 13.4. The SMILES string of the molecule is CC(O)Cn1c2ccc(F)cc2c2cc(F)ccc21. The van der Waals surface area contributed by atoms with Gasteiger partial charge in [0.05, 0.1) is 6.10 Å². The van der Waals surface area contributed by atoms with Gasteiger partial charge in [0, 0.05) is 28.4 Å². The van der Waals surface area contributed by atoms with Crippen LogP contribution in [0.5, 0.6) is 0 Å². The first-order valence-corrected chi connectivity index (χ1v) is 6.11. The Labute approximate surface area is 108 Å². The van der Waals surface area contributed by atoms with E-state index in [1.54, 1.807) is 19.1 Å². The molecule has 0 aliphatic heterocycles.